The number of nitrogen functional groups attached to an aromatic ring is 1. The maximum absolute atomic E-state index is 12.4. The van der Waals surface area contributed by atoms with Gasteiger partial charge in [0.1, 0.15) is 5.82 Å². The maximum atomic E-state index is 12.4. The lowest BCUT2D eigenvalue weighted by Gasteiger charge is -2.07. The van der Waals surface area contributed by atoms with Crippen molar-refractivity contribution in [3.8, 4) is 0 Å². The summed E-state index contributed by atoms with van der Waals surface area (Å²) in [7, 11) is -4.20. The lowest BCUT2D eigenvalue weighted by Crippen LogP contribution is -2.16. The minimum atomic E-state index is -4.20. The zero-order chi connectivity index (χ0) is 10.9. The van der Waals surface area contributed by atoms with Crippen LogP contribution in [0.25, 0.3) is 0 Å². The van der Waals surface area contributed by atoms with Crippen LogP contribution in [0.1, 0.15) is 12.0 Å². The van der Waals surface area contributed by atoms with Crippen LogP contribution in [0.15, 0.2) is 17.2 Å². The highest BCUT2D eigenvalue weighted by molar-refractivity contribution is 7.89. The molecule has 0 bridgehead atoms. The molecule has 0 radical (unpaired) electrons. The van der Waals surface area contributed by atoms with Gasteiger partial charge in [-0.25, -0.2) is 27.3 Å². The molecule has 0 spiro atoms. The Labute approximate surface area is 78.8 Å². The second kappa shape index (κ2) is 3.46. The predicted molar refractivity (Wildman–Crippen MR) is 45.0 cm³/mol. The molecule has 0 aliphatic carbocycles. The summed E-state index contributed by atoms with van der Waals surface area (Å²) in [6.07, 6.45) is -2.03. The van der Waals surface area contributed by atoms with E-state index in [4.69, 9.17) is 10.9 Å². The van der Waals surface area contributed by atoms with Crippen LogP contribution < -0.4 is 10.9 Å². The van der Waals surface area contributed by atoms with Crippen LogP contribution in [0.4, 0.5) is 14.6 Å². The van der Waals surface area contributed by atoms with Crippen LogP contribution in [0.5, 0.6) is 0 Å². The fourth-order valence-electron chi connectivity index (χ4n) is 0.938. The molecule has 5 nitrogen and oxygen atoms in total. The smallest absolute Gasteiger partial charge is 0.268 e. The molecule has 0 atom stereocenters. The van der Waals surface area contributed by atoms with Crippen molar-refractivity contribution in [2.45, 2.75) is 11.3 Å². The fourth-order valence-corrected chi connectivity index (χ4v) is 1.69. The van der Waals surface area contributed by atoms with Gasteiger partial charge >= 0.3 is 0 Å². The average Bonchev–Trinajstić information content (AvgIpc) is 2.01. The Morgan fingerprint density at radius 3 is 2.36 bits per heavy atom. The normalized spacial score (nSPS) is 12.0. The number of pyridine rings is 1. The molecule has 0 amide bonds. The van der Waals surface area contributed by atoms with Crippen LogP contribution in [0.2, 0.25) is 0 Å². The number of sulfonamides is 1. The van der Waals surface area contributed by atoms with E-state index >= 15 is 0 Å². The zero-order valence-corrected chi connectivity index (χ0v) is 7.63. The van der Waals surface area contributed by atoms with E-state index in [1.165, 1.54) is 0 Å². The SMILES string of the molecule is Nc1nccc(S(N)(=O)=O)c1C(F)F. The van der Waals surface area contributed by atoms with E-state index in [0.29, 0.717) is 0 Å². The van der Waals surface area contributed by atoms with Gasteiger partial charge in [-0.2, -0.15) is 0 Å². The number of hydrogen-bond acceptors (Lipinski definition) is 4. The van der Waals surface area contributed by atoms with Gasteiger partial charge in [0.05, 0.1) is 10.5 Å². The molecule has 8 heteroatoms. The standard InChI is InChI=1S/C6H7F2N3O2S/c7-5(8)4-3(14(10,12)13)1-2-11-6(4)9/h1-2,5H,(H2,9,11)(H2,10,12,13). The van der Waals surface area contributed by atoms with E-state index < -0.39 is 32.7 Å². The fraction of sp³-hybridized carbons (Fsp3) is 0.167. The van der Waals surface area contributed by atoms with Crippen LogP contribution >= 0.6 is 0 Å². The number of rotatable bonds is 2. The third-order valence-corrected chi connectivity index (χ3v) is 2.47. The van der Waals surface area contributed by atoms with Crippen LogP contribution in [0, 0.1) is 0 Å². The highest BCUT2D eigenvalue weighted by Crippen LogP contribution is 2.29. The first kappa shape index (κ1) is 10.8. The number of nitrogens with zero attached hydrogens (tertiary/aromatic N) is 1. The number of nitrogens with two attached hydrogens (primary N) is 2. The zero-order valence-electron chi connectivity index (χ0n) is 6.81. The summed E-state index contributed by atoms with van der Waals surface area (Å²) in [5.74, 6) is -0.536. The molecule has 1 aromatic rings. The Morgan fingerprint density at radius 2 is 2.00 bits per heavy atom. The molecule has 0 aliphatic rings. The number of halogens is 2. The molecular formula is C6H7F2N3O2S. The Hall–Kier alpha value is -1.28. The topological polar surface area (TPSA) is 99.1 Å². The Kier molecular flexibility index (Phi) is 2.67. The molecule has 0 fully saturated rings. The summed E-state index contributed by atoms with van der Waals surface area (Å²) in [5.41, 5.74) is 4.26. The van der Waals surface area contributed by atoms with Crippen molar-refractivity contribution in [1.29, 1.82) is 0 Å². The molecule has 78 valence electrons. The molecule has 4 N–H and O–H groups in total. The predicted octanol–water partition coefficient (Wildman–Crippen LogP) is 0.249. The van der Waals surface area contributed by atoms with Crippen molar-refractivity contribution >= 4 is 15.8 Å². The van der Waals surface area contributed by atoms with Gasteiger partial charge in [0.25, 0.3) is 6.43 Å². The Bertz CT molecular complexity index is 446. The summed E-state index contributed by atoms with van der Waals surface area (Å²) >= 11 is 0. The van der Waals surface area contributed by atoms with Crippen molar-refractivity contribution < 1.29 is 17.2 Å². The van der Waals surface area contributed by atoms with E-state index in [-0.39, 0.29) is 0 Å². The average molecular weight is 223 g/mol. The molecule has 0 aromatic carbocycles. The van der Waals surface area contributed by atoms with Gasteiger partial charge in [-0.1, -0.05) is 0 Å². The quantitative estimate of drug-likeness (QED) is 0.750. The van der Waals surface area contributed by atoms with Gasteiger partial charge in [0, 0.05) is 6.20 Å². The van der Waals surface area contributed by atoms with Crippen molar-refractivity contribution in [2.24, 2.45) is 5.14 Å². The van der Waals surface area contributed by atoms with E-state index in [0.717, 1.165) is 12.3 Å². The Morgan fingerprint density at radius 1 is 1.43 bits per heavy atom. The number of primary sulfonamides is 1. The van der Waals surface area contributed by atoms with Gasteiger partial charge in [-0.05, 0) is 6.07 Å². The number of aromatic nitrogens is 1. The molecule has 14 heavy (non-hydrogen) atoms. The van der Waals surface area contributed by atoms with E-state index in [2.05, 4.69) is 4.98 Å². The highest BCUT2D eigenvalue weighted by atomic mass is 32.2. The first-order valence-corrected chi connectivity index (χ1v) is 4.94. The largest absolute Gasteiger partial charge is 0.383 e. The van der Waals surface area contributed by atoms with Gasteiger partial charge in [-0.15, -0.1) is 0 Å². The molecule has 0 aliphatic heterocycles. The maximum Gasteiger partial charge on any atom is 0.268 e. The van der Waals surface area contributed by atoms with E-state index in [1.54, 1.807) is 0 Å². The minimum Gasteiger partial charge on any atom is -0.383 e. The van der Waals surface area contributed by atoms with E-state index in [9.17, 15) is 17.2 Å². The van der Waals surface area contributed by atoms with Crippen molar-refractivity contribution in [1.82, 2.24) is 4.98 Å². The number of anilines is 1. The summed E-state index contributed by atoms with van der Waals surface area (Å²) in [6, 6.07) is 0.882. The van der Waals surface area contributed by atoms with Gasteiger partial charge in [0.15, 0.2) is 0 Å². The molecular weight excluding hydrogens is 216 g/mol. The molecule has 0 saturated carbocycles. The van der Waals surface area contributed by atoms with Gasteiger partial charge < -0.3 is 5.73 Å². The van der Waals surface area contributed by atoms with Crippen LogP contribution in [-0.4, -0.2) is 13.4 Å². The molecule has 1 aromatic heterocycles. The van der Waals surface area contributed by atoms with Gasteiger partial charge in [0.2, 0.25) is 10.0 Å². The monoisotopic (exact) mass is 223 g/mol. The molecule has 0 saturated heterocycles. The summed E-state index contributed by atoms with van der Waals surface area (Å²) in [6.45, 7) is 0. The van der Waals surface area contributed by atoms with Crippen molar-refractivity contribution in [2.75, 3.05) is 5.73 Å². The summed E-state index contributed by atoms with van der Waals surface area (Å²) in [5, 5.41) is 4.72. The van der Waals surface area contributed by atoms with Crippen LogP contribution in [0.3, 0.4) is 0 Å². The number of hydrogen-bond donors (Lipinski definition) is 2. The second-order valence-electron chi connectivity index (χ2n) is 2.45. The summed E-state index contributed by atoms with van der Waals surface area (Å²) < 4.78 is 46.5. The van der Waals surface area contributed by atoms with Crippen LogP contribution in [-0.2, 0) is 10.0 Å². The first-order valence-electron chi connectivity index (χ1n) is 3.39. The number of alkyl halides is 2. The third kappa shape index (κ3) is 1.96. The van der Waals surface area contributed by atoms with Crippen molar-refractivity contribution in [3.63, 3.8) is 0 Å². The molecule has 1 heterocycles. The lowest BCUT2D eigenvalue weighted by atomic mass is 10.2. The third-order valence-electron chi connectivity index (χ3n) is 1.51. The van der Waals surface area contributed by atoms with Crippen molar-refractivity contribution in [3.05, 3.63) is 17.8 Å². The summed E-state index contributed by atoms with van der Waals surface area (Å²) in [4.78, 5) is 2.66. The van der Waals surface area contributed by atoms with Gasteiger partial charge in [-0.3, -0.25) is 0 Å². The lowest BCUT2D eigenvalue weighted by molar-refractivity contribution is 0.148. The molecule has 1 rings (SSSR count). The minimum absolute atomic E-state index is 0.536. The Balaban J connectivity index is 3.52. The first-order chi connectivity index (χ1) is 6.34. The molecule has 0 unspecified atom stereocenters. The second-order valence-corrected chi connectivity index (χ2v) is 3.98. The van der Waals surface area contributed by atoms with E-state index in [1.807, 2.05) is 0 Å². The highest BCUT2D eigenvalue weighted by Gasteiger charge is 2.23.